The van der Waals surface area contributed by atoms with Crippen LogP contribution in [0.15, 0.2) is 24.3 Å². The number of benzene rings is 1. The maximum Gasteiger partial charge on any atom is 0.124 e. The molecule has 0 saturated carbocycles. The Labute approximate surface area is 127 Å². The zero-order valence-corrected chi connectivity index (χ0v) is 13.1. The van der Waals surface area contributed by atoms with E-state index in [1.165, 1.54) is 18.4 Å². The average molecular weight is 286 g/mol. The summed E-state index contributed by atoms with van der Waals surface area (Å²) in [5.41, 5.74) is 7.54. The van der Waals surface area contributed by atoms with E-state index in [1.807, 2.05) is 0 Å². The minimum Gasteiger partial charge on any atom is -0.487 e. The van der Waals surface area contributed by atoms with Crippen LogP contribution in [0.4, 0.5) is 0 Å². The van der Waals surface area contributed by atoms with Crippen LogP contribution in [0.2, 0.25) is 0 Å². The first-order valence-electron chi connectivity index (χ1n) is 8.34. The predicted molar refractivity (Wildman–Crippen MR) is 84.4 cm³/mol. The van der Waals surface area contributed by atoms with Gasteiger partial charge in [-0.1, -0.05) is 18.2 Å². The second-order valence-electron chi connectivity index (χ2n) is 7.68. The molecular weight excluding hydrogens is 260 g/mol. The highest BCUT2D eigenvalue weighted by atomic mass is 16.5. The van der Waals surface area contributed by atoms with Gasteiger partial charge in [-0.15, -0.1) is 0 Å². The fourth-order valence-electron chi connectivity index (χ4n) is 4.79. The van der Waals surface area contributed by atoms with Crippen LogP contribution < -0.4 is 10.5 Å². The monoisotopic (exact) mass is 286 g/mol. The van der Waals surface area contributed by atoms with E-state index < -0.39 is 0 Å². The minimum absolute atomic E-state index is 0.0853. The van der Waals surface area contributed by atoms with E-state index in [0.29, 0.717) is 24.2 Å². The summed E-state index contributed by atoms with van der Waals surface area (Å²) in [6.07, 6.45) is 6.04. The summed E-state index contributed by atoms with van der Waals surface area (Å²) in [4.78, 5) is 2.78. The highest BCUT2D eigenvalue weighted by Gasteiger charge is 2.47. The van der Waals surface area contributed by atoms with Crippen LogP contribution in [0, 0.1) is 0 Å². The largest absolute Gasteiger partial charge is 0.487 e. The number of fused-ring (bicyclic) bond motifs is 3. The van der Waals surface area contributed by atoms with E-state index in [2.05, 4.69) is 43.0 Å². The third-order valence-electron chi connectivity index (χ3n) is 5.54. The number of ether oxygens (including phenoxy) is 1. The molecule has 21 heavy (non-hydrogen) atoms. The third kappa shape index (κ3) is 2.27. The zero-order chi connectivity index (χ0) is 14.6. The maximum absolute atomic E-state index is 6.24. The highest BCUT2D eigenvalue weighted by molar-refractivity contribution is 5.39. The molecule has 2 bridgehead atoms. The quantitative estimate of drug-likeness (QED) is 0.861. The predicted octanol–water partition coefficient (Wildman–Crippen LogP) is 3.24. The lowest BCUT2D eigenvalue weighted by Crippen LogP contribution is -2.51. The number of hydrogen-bond acceptors (Lipinski definition) is 3. The number of para-hydroxylation sites is 1. The van der Waals surface area contributed by atoms with E-state index in [-0.39, 0.29) is 5.60 Å². The van der Waals surface area contributed by atoms with Crippen molar-refractivity contribution in [3.63, 3.8) is 0 Å². The van der Waals surface area contributed by atoms with Crippen LogP contribution in [-0.4, -0.2) is 28.6 Å². The molecule has 3 aliphatic rings. The number of hydrogen-bond donors (Lipinski definition) is 1. The Hall–Kier alpha value is -1.06. The lowest BCUT2D eigenvalue weighted by molar-refractivity contribution is -0.00341. The second kappa shape index (κ2) is 4.72. The normalized spacial score (nSPS) is 37.9. The Kier molecular flexibility index (Phi) is 3.05. The van der Waals surface area contributed by atoms with Crippen LogP contribution >= 0.6 is 0 Å². The van der Waals surface area contributed by atoms with Gasteiger partial charge in [0, 0.05) is 36.2 Å². The molecule has 1 aromatic rings. The van der Waals surface area contributed by atoms with Crippen molar-refractivity contribution in [3.05, 3.63) is 29.8 Å². The van der Waals surface area contributed by atoms with Crippen molar-refractivity contribution in [2.75, 3.05) is 0 Å². The van der Waals surface area contributed by atoms with Gasteiger partial charge in [-0.2, -0.15) is 0 Å². The van der Waals surface area contributed by atoms with Crippen LogP contribution in [0.3, 0.4) is 0 Å². The van der Waals surface area contributed by atoms with Gasteiger partial charge >= 0.3 is 0 Å². The third-order valence-corrected chi connectivity index (χ3v) is 5.54. The first-order chi connectivity index (χ1) is 10.0. The molecule has 3 nitrogen and oxygen atoms in total. The molecule has 0 radical (unpaired) electrons. The SMILES string of the molecule is CC1(C)CC(N2C3CCC2CC(N)C3)c2ccccc2O1. The fourth-order valence-corrected chi connectivity index (χ4v) is 4.79. The Balaban J connectivity index is 1.72. The van der Waals surface area contributed by atoms with E-state index in [9.17, 15) is 0 Å². The number of rotatable bonds is 1. The maximum atomic E-state index is 6.24. The average Bonchev–Trinajstić information content (AvgIpc) is 2.69. The molecule has 1 aromatic carbocycles. The molecule has 0 aromatic heterocycles. The van der Waals surface area contributed by atoms with Gasteiger partial charge in [-0.05, 0) is 45.6 Å². The van der Waals surface area contributed by atoms with Gasteiger partial charge in [0.1, 0.15) is 11.4 Å². The summed E-state index contributed by atoms with van der Waals surface area (Å²) < 4.78 is 6.20. The zero-order valence-electron chi connectivity index (χ0n) is 13.1. The van der Waals surface area contributed by atoms with Crippen LogP contribution in [0.1, 0.15) is 57.6 Å². The van der Waals surface area contributed by atoms with Gasteiger partial charge in [-0.25, -0.2) is 0 Å². The lowest BCUT2D eigenvalue weighted by atomic mass is 9.85. The first kappa shape index (κ1) is 13.6. The second-order valence-corrected chi connectivity index (χ2v) is 7.68. The summed E-state index contributed by atoms with van der Waals surface area (Å²) in [6, 6.07) is 10.8. The molecule has 0 spiro atoms. The van der Waals surface area contributed by atoms with Gasteiger partial charge in [-0.3, -0.25) is 4.90 Å². The van der Waals surface area contributed by atoms with Gasteiger partial charge < -0.3 is 10.5 Å². The topological polar surface area (TPSA) is 38.5 Å². The molecule has 4 rings (SSSR count). The van der Waals surface area contributed by atoms with Crippen molar-refractivity contribution in [1.29, 1.82) is 0 Å². The van der Waals surface area contributed by atoms with E-state index >= 15 is 0 Å². The van der Waals surface area contributed by atoms with Gasteiger partial charge in [0.2, 0.25) is 0 Å². The van der Waals surface area contributed by atoms with Crippen molar-refractivity contribution in [1.82, 2.24) is 4.90 Å². The van der Waals surface area contributed by atoms with E-state index in [1.54, 1.807) is 0 Å². The molecule has 3 unspecified atom stereocenters. The molecule has 3 aliphatic heterocycles. The van der Waals surface area contributed by atoms with Gasteiger partial charge in [0.25, 0.3) is 0 Å². The molecule has 3 heteroatoms. The summed E-state index contributed by atoms with van der Waals surface area (Å²) >= 11 is 0. The molecule has 3 atom stereocenters. The minimum atomic E-state index is -0.0853. The van der Waals surface area contributed by atoms with E-state index in [0.717, 1.165) is 25.0 Å². The molecule has 2 fully saturated rings. The molecule has 0 aliphatic carbocycles. The standard InChI is InChI=1S/C18H26N2O/c1-18(2)11-16(15-5-3-4-6-17(15)21-18)20-13-7-8-14(20)10-12(19)9-13/h3-6,12-14,16H,7-11,19H2,1-2H3. The molecular formula is C18H26N2O. The van der Waals surface area contributed by atoms with Gasteiger partial charge in [0.05, 0.1) is 0 Å². The summed E-state index contributed by atoms with van der Waals surface area (Å²) in [7, 11) is 0. The van der Waals surface area contributed by atoms with Crippen LogP contribution in [-0.2, 0) is 0 Å². The Morgan fingerprint density at radius 1 is 1.14 bits per heavy atom. The first-order valence-corrected chi connectivity index (χ1v) is 8.34. The Bertz CT molecular complexity index is 528. The number of nitrogens with zero attached hydrogens (tertiary/aromatic N) is 1. The van der Waals surface area contributed by atoms with Crippen molar-refractivity contribution in [2.24, 2.45) is 5.73 Å². The smallest absolute Gasteiger partial charge is 0.124 e. The molecule has 3 heterocycles. The Morgan fingerprint density at radius 3 is 2.52 bits per heavy atom. The summed E-state index contributed by atoms with van der Waals surface area (Å²) in [5, 5.41) is 0. The van der Waals surface area contributed by atoms with Crippen LogP contribution in [0.25, 0.3) is 0 Å². The number of nitrogens with two attached hydrogens (primary N) is 1. The molecule has 114 valence electrons. The van der Waals surface area contributed by atoms with Crippen molar-refractivity contribution in [3.8, 4) is 5.75 Å². The van der Waals surface area contributed by atoms with Crippen molar-refractivity contribution >= 4 is 0 Å². The van der Waals surface area contributed by atoms with Crippen molar-refractivity contribution < 1.29 is 4.74 Å². The van der Waals surface area contributed by atoms with Crippen molar-refractivity contribution in [2.45, 2.75) is 75.7 Å². The highest BCUT2D eigenvalue weighted by Crippen LogP contribution is 2.48. The fraction of sp³-hybridized carbons (Fsp3) is 0.667. The summed E-state index contributed by atoms with van der Waals surface area (Å²) in [6.45, 7) is 4.43. The summed E-state index contributed by atoms with van der Waals surface area (Å²) in [5.74, 6) is 1.08. The lowest BCUT2D eigenvalue weighted by Gasteiger charge is -2.48. The molecule has 2 saturated heterocycles. The number of piperidine rings is 1. The Morgan fingerprint density at radius 2 is 1.81 bits per heavy atom. The molecule has 0 amide bonds. The van der Waals surface area contributed by atoms with E-state index in [4.69, 9.17) is 10.5 Å². The van der Waals surface area contributed by atoms with Gasteiger partial charge in [0.15, 0.2) is 0 Å². The molecule has 2 N–H and O–H groups in total. The van der Waals surface area contributed by atoms with Crippen LogP contribution in [0.5, 0.6) is 5.75 Å².